The predicted molar refractivity (Wildman–Crippen MR) is 104 cm³/mol. The largest absolute Gasteiger partial charge is 0.493 e. The summed E-state index contributed by atoms with van der Waals surface area (Å²) in [5.74, 6) is -1.86. The molecule has 2 rings (SSSR count). The molecule has 30 heavy (non-hydrogen) atoms. The topological polar surface area (TPSA) is 117 Å². The van der Waals surface area contributed by atoms with Gasteiger partial charge in [0, 0.05) is 12.6 Å². The van der Waals surface area contributed by atoms with E-state index in [2.05, 4.69) is 5.32 Å². The number of carbonyl (C=O) groups is 2. The minimum absolute atomic E-state index is 0.0881. The lowest BCUT2D eigenvalue weighted by Gasteiger charge is -2.15. The fourth-order valence-corrected chi connectivity index (χ4v) is 2.50. The van der Waals surface area contributed by atoms with Gasteiger partial charge in [-0.15, -0.1) is 0 Å². The lowest BCUT2D eigenvalue weighted by Crippen LogP contribution is -2.35. The molecule has 0 spiro atoms. The van der Waals surface area contributed by atoms with E-state index < -0.39 is 34.4 Å². The zero-order valence-electron chi connectivity index (χ0n) is 16.6. The van der Waals surface area contributed by atoms with E-state index in [1.54, 1.807) is 6.92 Å². The Labute approximate surface area is 171 Å². The highest BCUT2D eigenvalue weighted by Crippen LogP contribution is 2.35. The molecule has 0 aliphatic rings. The average Bonchev–Trinajstić information content (AvgIpc) is 2.72. The van der Waals surface area contributed by atoms with E-state index in [0.29, 0.717) is 5.56 Å². The molecule has 0 aliphatic heterocycles. The second kappa shape index (κ2) is 10.2. The zero-order valence-corrected chi connectivity index (χ0v) is 16.6. The molecule has 2 aromatic rings. The number of rotatable bonds is 9. The van der Waals surface area contributed by atoms with Crippen LogP contribution in [0.3, 0.4) is 0 Å². The summed E-state index contributed by atoms with van der Waals surface area (Å²) in [6.07, 6.45) is -1.23. The second-order valence-electron chi connectivity index (χ2n) is 6.10. The van der Waals surface area contributed by atoms with Crippen LogP contribution in [0.25, 0.3) is 0 Å². The summed E-state index contributed by atoms with van der Waals surface area (Å²) >= 11 is 0. The maximum Gasteiger partial charge on any atom is 0.346 e. The van der Waals surface area contributed by atoms with Crippen LogP contribution < -0.4 is 14.8 Å². The summed E-state index contributed by atoms with van der Waals surface area (Å²) in [5.41, 5.74) is -0.267. The zero-order chi connectivity index (χ0) is 22.3. The fourth-order valence-electron chi connectivity index (χ4n) is 2.50. The van der Waals surface area contributed by atoms with Gasteiger partial charge in [0.2, 0.25) is 0 Å². The lowest BCUT2D eigenvalue weighted by atomic mass is 10.1. The molecule has 0 fully saturated rings. The highest BCUT2D eigenvalue weighted by atomic mass is 19.1. The van der Waals surface area contributed by atoms with Crippen molar-refractivity contribution in [3.63, 3.8) is 0 Å². The van der Waals surface area contributed by atoms with Gasteiger partial charge in [-0.05, 0) is 31.5 Å². The molecular formula is C20H21FN2O7. The van der Waals surface area contributed by atoms with Crippen LogP contribution >= 0.6 is 0 Å². The van der Waals surface area contributed by atoms with Crippen LogP contribution in [0.15, 0.2) is 36.4 Å². The third kappa shape index (κ3) is 5.66. The Hall–Kier alpha value is -3.69. The summed E-state index contributed by atoms with van der Waals surface area (Å²) < 4.78 is 28.4. The van der Waals surface area contributed by atoms with Crippen molar-refractivity contribution >= 4 is 17.6 Å². The molecule has 0 aromatic heterocycles. The molecule has 0 unspecified atom stereocenters. The molecule has 160 valence electrons. The first kappa shape index (κ1) is 22.6. The maximum atomic E-state index is 12.9. The molecule has 0 bridgehead atoms. The van der Waals surface area contributed by atoms with Crippen molar-refractivity contribution in [1.29, 1.82) is 0 Å². The van der Waals surface area contributed by atoms with Crippen molar-refractivity contribution in [1.82, 2.24) is 5.32 Å². The minimum atomic E-state index is -1.23. The number of nitro benzene ring substituents is 1. The quantitative estimate of drug-likeness (QED) is 0.376. The molecule has 1 amide bonds. The average molecular weight is 420 g/mol. The maximum absolute atomic E-state index is 12.9. The first-order valence-electron chi connectivity index (χ1n) is 8.99. The standard InChI is InChI=1S/C20H21FN2O7/c1-4-29-18-9-15(16(23(26)27)10-17(18)28-3)20(25)30-12(2)19(24)22-11-13-5-7-14(21)8-6-13/h5-10,12H,4,11H2,1-3H3,(H,22,24)/t12-/m0/s1. The van der Waals surface area contributed by atoms with Crippen LogP contribution in [0.2, 0.25) is 0 Å². The van der Waals surface area contributed by atoms with Gasteiger partial charge < -0.3 is 19.5 Å². The first-order chi connectivity index (χ1) is 14.3. The van der Waals surface area contributed by atoms with Gasteiger partial charge in [-0.25, -0.2) is 9.18 Å². The van der Waals surface area contributed by atoms with E-state index in [1.807, 2.05) is 0 Å². The van der Waals surface area contributed by atoms with Gasteiger partial charge in [0.1, 0.15) is 11.4 Å². The van der Waals surface area contributed by atoms with Crippen LogP contribution in [0.1, 0.15) is 29.8 Å². The Morgan fingerprint density at radius 1 is 1.20 bits per heavy atom. The number of amides is 1. The third-order valence-electron chi connectivity index (χ3n) is 4.03. The van der Waals surface area contributed by atoms with Gasteiger partial charge in [-0.3, -0.25) is 14.9 Å². The molecule has 0 saturated carbocycles. The van der Waals surface area contributed by atoms with Crippen molar-refractivity contribution in [2.24, 2.45) is 0 Å². The number of carbonyl (C=O) groups excluding carboxylic acids is 2. The number of ether oxygens (including phenoxy) is 3. The Morgan fingerprint density at radius 2 is 1.87 bits per heavy atom. The van der Waals surface area contributed by atoms with Crippen molar-refractivity contribution in [3.05, 3.63) is 63.5 Å². The SMILES string of the molecule is CCOc1cc(C(=O)O[C@@H](C)C(=O)NCc2ccc(F)cc2)c([N+](=O)[O-])cc1OC. The normalized spacial score (nSPS) is 11.3. The van der Waals surface area contributed by atoms with Crippen LogP contribution in [0.4, 0.5) is 10.1 Å². The summed E-state index contributed by atoms with van der Waals surface area (Å²) in [5, 5.41) is 13.9. The molecular weight excluding hydrogens is 399 g/mol. The second-order valence-corrected chi connectivity index (χ2v) is 6.10. The van der Waals surface area contributed by atoms with Crippen molar-refractivity contribution in [3.8, 4) is 11.5 Å². The van der Waals surface area contributed by atoms with Crippen LogP contribution in [-0.2, 0) is 16.1 Å². The molecule has 0 aliphatic carbocycles. The number of esters is 1. The van der Waals surface area contributed by atoms with Gasteiger partial charge in [-0.2, -0.15) is 0 Å². The van der Waals surface area contributed by atoms with E-state index >= 15 is 0 Å². The summed E-state index contributed by atoms with van der Waals surface area (Å²) in [4.78, 5) is 35.3. The minimum Gasteiger partial charge on any atom is -0.493 e. The van der Waals surface area contributed by atoms with Crippen molar-refractivity contribution < 1.29 is 33.1 Å². The van der Waals surface area contributed by atoms with E-state index in [0.717, 1.165) is 12.1 Å². The monoisotopic (exact) mass is 420 g/mol. The Morgan fingerprint density at radius 3 is 2.43 bits per heavy atom. The smallest absolute Gasteiger partial charge is 0.346 e. The molecule has 0 radical (unpaired) electrons. The van der Waals surface area contributed by atoms with Gasteiger partial charge in [0.05, 0.1) is 24.7 Å². The number of methoxy groups -OCH3 is 1. The molecule has 0 saturated heterocycles. The molecule has 1 N–H and O–H groups in total. The van der Waals surface area contributed by atoms with E-state index in [9.17, 15) is 24.1 Å². The van der Waals surface area contributed by atoms with Crippen molar-refractivity contribution in [2.75, 3.05) is 13.7 Å². The summed E-state index contributed by atoms with van der Waals surface area (Å²) in [7, 11) is 1.31. The highest BCUT2D eigenvalue weighted by Gasteiger charge is 2.28. The molecule has 2 aromatic carbocycles. The Balaban J connectivity index is 2.12. The number of nitrogens with one attached hydrogen (secondary N) is 1. The van der Waals surface area contributed by atoms with Crippen LogP contribution in [0.5, 0.6) is 11.5 Å². The number of nitro groups is 1. The molecule has 10 heteroatoms. The van der Waals surface area contributed by atoms with Gasteiger partial charge >= 0.3 is 5.97 Å². The summed E-state index contributed by atoms with van der Waals surface area (Å²) in [6, 6.07) is 7.71. The fraction of sp³-hybridized carbons (Fsp3) is 0.300. The van der Waals surface area contributed by atoms with Crippen molar-refractivity contribution in [2.45, 2.75) is 26.5 Å². The highest BCUT2D eigenvalue weighted by molar-refractivity contribution is 5.96. The van der Waals surface area contributed by atoms with E-state index in [-0.39, 0.29) is 30.2 Å². The number of hydrogen-bond donors (Lipinski definition) is 1. The Bertz CT molecular complexity index is 931. The number of halogens is 1. The van der Waals surface area contributed by atoms with Gasteiger partial charge in [-0.1, -0.05) is 12.1 Å². The van der Waals surface area contributed by atoms with Crippen LogP contribution in [0, 0.1) is 15.9 Å². The van der Waals surface area contributed by atoms with Gasteiger partial charge in [0.15, 0.2) is 17.6 Å². The van der Waals surface area contributed by atoms with Gasteiger partial charge in [0.25, 0.3) is 11.6 Å². The predicted octanol–water partition coefficient (Wildman–Crippen LogP) is 3.00. The molecule has 1 atom stereocenters. The number of nitrogens with zero attached hydrogens (tertiary/aromatic N) is 1. The number of benzene rings is 2. The Kier molecular flexibility index (Phi) is 7.68. The van der Waals surface area contributed by atoms with E-state index in [4.69, 9.17) is 14.2 Å². The van der Waals surface area contributed by atoms with E-state index in [1.165, 1.54) is 38.3 Å². The number of hydrogen-bond acceptors (Lipinski definition) is 7. The first-order valence-corrected chi connectivity index (χ1v) is 8.99. The lowest BCUT2D eigenvalue weighted by molar-refractivity contribution is -0.385. The third-order valence-corrected chi connectivity index (χ3v) is 4.03. The molecule has 0 heterocycles. The summed E-state index contributed by atoms with van der Waals surface area (Å²) in [6.45, 7) is 3.37. The van der Waals surface area contributed by atoms with Crippen LogP contribution in [-0.4, -0.2) is 36.6 Å². The molecule has 9 nitrogen and oxygen atoms in total.